The van der Waals surface area contributed by atoms with Crippen LogP contribution in [0, 0.1) is 11.8 Å². The highest BCUT2D eigenvalue weighted by atomic mass is 127. The van der Waals surface area contributed by atoms with Gasteiger partial charge in [-0.05, 0) is 31.3 Å². The first-order valence-corrected chi connectivity index (χ1v) is 5.31. The van der Waals surface area contributed by atoms with E-state index in [1.165, 1.54) is 19.5 Å². The molecule has 0 aromatic heterocycles. The van der Waals surface area contributed by atoms with E-state index in [0.29, 0.717) is 0 Å². The average Bonchev–Trinajstić information content (AvgIpc) is 1.88. The van der Waals surface area contributed by atoms with Crippen molar-refractivity contribution in [3.63, 3.8) is 0 Å². The topological polar surface area (TPSA) is 12.0 Å². The van der Waals surface area contributed by atoms with Crippen LogP contribution < -0.4 is 5.32 Å². The highest BCUT2D eigenvalue weighted by molar-refractivity contribution is 14.1. The Bertz CT molecular complexity index is 103. The maximum absolute atomic E-state index is 3.44. The maximum atomic E-state index is 3.44. The van der Waals surface area contributed by atoms with Crippen LogP contribution in [-0.4, -0.2) is 17.0 Å². The van der Waals surface area contributed by atoms with Gasteiger partial charge in [-0.15, -0.1) is 0 Å². The largest absolute Gasteiger partial charge is 0.316 e. The van der Waals surface area contributed by atoms with Gasteiger partial charge in [-0.25, -0.2) is 0 Å². The molecule has 1 fully saturated rings. The van der Waals surface area contributed by atoms with Crippen molar-refractivity contribution >= 4 is 22.6 Å². The molecule has 2 atom stereocenters. The minimum absolute atomic E-state index is 0.842. The molecule has 0 spiro atoms. The Balaban J connectivity index is 2.40. The van der Waals surface area contributed by atoms with E-state index in [-0.39, 0.29) is 0 Å². The van der Waals surface area contributed by atoms with E-state index >= 15 is 0 Å². The molecule has 1 aliphatic heterocycles. The number of halogens is 1. The Labute approximate surface area is 77.1 Å². The zero-order valence-electron chi connectivity index (χ0n) is 6.73. The highest BCUT2D eigenvalue weighted by Crippen LogP contribution is 2.26. The highest BCUT2D eigenvalue weighted by Gasteiger charge is 2.24. The van der Waals surface area contributed by atoms with Crippen molar-refractivity contribution in [2.45, 2.75) is 24.2 Å². The van der Waals surface area contributed by atoms with E-state index in [2.05, 4.69) is 41.8 Å². The summed E-state index contributed by atoms with van der Waals surface area (Å²) in [4.78, 5) is 0. The number of piperidine rings is 1. The fourth-order valence-corrected chi connectivity index (χ4v) is 2.90. The van der Waals surface area contributed by atoms with Crippen molar-refractivity contribution in [3.8, 4) is 0 Å². The first-order valence-electron chi connectivity index (χ1n) is 4.06. The molecule has 1 N–H and O–H groups in total. The lowest BCUT2D eigenvalue weighted by atomic mass is 9.89. The monoisotopic (exact) mass is 253 g/mol. The summed E-state index contributed by atoms with van der Waals surface area (Å²) in [6, 6.07) is 0. The second kappa shape index (κ2) is 3.90. The summed E-state index contributed by atoms with van der Waals surface area (Å²) in [7, 11) is 0. The van der Waals surface area contributed by atoms with Crippen LogP contribution >= 0.6 is 22.6 Å². The summed E-state index contributed by atoms with van der Waals surface area (Å²) in [5.41, 5.74) is 0. The van der Waals surface area contributed by atoms with Gasteiger partial charge in [0.25, 0.3) is 0 Å². The third-order valence-corrected chi connectivity index (χ3v) is 3.84. The molecule has 0 aliphatic carbocycles. The van der Waals surface area contributed by atoms with Gasteiger partial charge in [-0.1, -0.05) is 36.4 Å². The molecule has 0 aromatic carbocycles. The lowest BCUT2D eigenvalue weighted by molar-refractivity contribution is 0.315. The zero-order chi connectivity index (χ0) is 7.56. The van der Waals surface area contributed by atoms with Crippen molar-refractivity contribution in [1.29, 1.82) is 0 Å². The van der Waals surface area contributed by atoms with Gasteiger partial charge >= 0.3 is 0 Å². The van der Waals surface area contributed by atoms with E-state index in [4.69, 9.17) is 0 Å². The summed E-state index contributed by atoms with van der Waals surface area (Å²) in [5, 5.41) is 3.44. The molecule has 0 amide bonds. The summed E-state index contributed by atoms with van der Waals surface area (Å²) in [6.45, 7) is 7.09. The smallest absolute Gasteiger partial charge is 0.0164 e. The van der Waals surface area contributed by atoms with Crippen LogP contribution in [0.2, 0.25) is 0 Å². The molecular formula is C8H16IN. The molecule has 1 nitrogen and oxygen atoms in total. The number of alkyl halides is 1. The van der Waals surface area contributed by atoms with Crippen LogP contribution in [0.1, 0.15) is 20.3 Å². The van der Waals surface area contributed by atoms with E-state index in [1.807, 2.05) is 0 Å². The molecule has 1 aliphatic rings. The van der Waals surface area contributed by atoms with Gasteiger partial charge in [-0.2, -0.15) is 0 Å². The Morgan fingerprint density at radius 3 is 2.60 bits per heavy atom. The van der Waals surface area contributed by atoms with Crippen LogP contribution in [0.4, 0.5) is 0 Å². The molecule has 1 heterocycles. The van der Waals surface area contributed by atoms with Crippen LogP contribution in [-0.2, 0) is 0 Å². The third-order valence-electron chi connectivity index (χ3n) is 2.30. The van der Waals surface area contributed by atoms with E-state index in [0.717, 1.165) is 15.8 Å². The SMILES string of the molecule is CC(C)C1CNCCC1I. The molecule has 0 saturated carbocycles. The van der Waals surface area contributed by atoms with Gasteiger partial charge in [0.15, 0.2) is 0 Å². The average molecular weight is 253 g/mol. The first-order chi connectivity index (χ1) is 4.72. The van der Waals surface area contributed by atoms with Gasteiger partial charge in [0, 0.05) is 3.92 Å². The van der Waals surface area contributed by atoms with Crippen LogP contribution in [0.5, 0.6) is 0 Å². The summed E-state index contributed by atoms with van der Waals surface area (Å²) in [6.07, 6.45) is 1.35. The number of nitrogens with one attached hydrogen (secondary N) is 1. The quantitative estimate of drug-likeness (QED) is 0.557. The number of hydrogen-bond donors (Lipinski definition) is 1. The summed E-state index contributed by atoms with van der Waals surface area (Å²) in [5.74, 6) is 1.74. The zero-order valence-corrected chi connectivity index (χ0v) is 8.89. The number of hydrogen-bond acceptors (Lipinski definition) is 1. The van der Waals surface area contributed by atoms with Gasteiger partial charge < -0.3 is 5.32 Å². The Morgan fingerprint density at radius 1 is 1.50 bits per heavy atom. The lowest BCUT2D eigenvalue weighted by Gasteiger charge is -2.31. The second-order valence-corrected chi connectivity index (χ2v) is 5.02. The van der Waals surface area contributed by atoms with Crippen molar-refractivity contribution in [2.75, 3.05) is 13.1 Å². The van der Waals surface area contributed by atoms with Gasteiger partial charge in [0.1, 0.15) is 0 Å². The molecule has 2 unspecified atom stereocenters. The van der Waals surface area contributed by atoms with E-state index in [1.54, 1.807) is 0 Å². The predicted octanol–water partition coefficient (Wildman–Crippen LogP) is 2.06. The fourth-order valence-electron chi connectivity index (χ4n) is 1.50. The van der Waals surface area contributed by atoms with Gasteiger partial charge in [0.2, 0.25) is 0 Å². The van der Waals surface area contributed by atoms with Crippen LogP contribution in [0.25, 0.3) is 0 Å². The van der Waals surface area contributed by atoms with Crippen LogP contribution in [0.3, 0.4) is 0 Å². The molecule has 10 heavy (non-hydrogen) atoms. The molecule has 0 radical (unpaired) electrons. The molecule has 1 saturated heterocycles. The Morgan fingerprint density at radius 2 is 2.20 bits per heavy atom. The summed E-state index contributed by atoms with van der Waals surface area (Å²) >= 11 is 2.59. The second-order valence-electron chi connectivity index (χ2n) is 3.42. The van der Waals surface area contributed by atoms with Gasteiger partial charge in [0.05, 0.1) is 0 Å². The van der Waals surface area contributed by atoms with Crippen molar-refractivity contribution in [2.24, 2.45) is 11.8 Å². The lowest BCUT2D eigenvalue weighted by Crippen LogP contribution is -2.39. The van der Waals surface area contributed by atoms with Crippen molar-refractivity contribution in [3.05, 3.63) is 0 Å². The van der Waals surface area contributed by atoms with Crippen molar-refractivity contribution in [1.82, 2.24) is 5.32 Å². The van der Waals surface area contributed by atoms with Crippen molar-refractivity contribution < 1.29 is 0 Å². The Kier molecular flexibility index (Phi) is 3.43. The molecule has 0 aromatic rings. The molecular weight excluding hydrogens is 237 g/mol. The summed E-state index contributed by atoms with van der Waals surface area (Å²) < 4.78 is 0.902. The van der Waals surface area contributed by atoms with E-state index in [9.17, 15) is 0 Å². The normalized spacial score (nSPS) is 34.8. The minimum atomic E-state index is 0.842. The maximum Gasteiger partial charge on any atom is 0.0164 e. The Hall–Kier alpha value is 0.690. The van der Waals surface area contributed by atoms with E-state index < -0.39 is 0 Å². The number of rotatable bonds is 1. The first kappa shape index (κ1) is 8.78. The molecule has 0 bridgehead atoms. The third kappa shape index (κ3) is 2.09. The molecule has 60 valence electrons. The molecule has 1 rings (SSSR count). The van der Waals surface area contributed by atoms with Gasteiger partial charge in [-0.3, -0.25) is 0 Å². The predicted molar refractivity (Wildman–Crippen MR) is 53.6 cm³/mol. The fraction of sp³-hybridized carbons (Fsp3) is 1.00. The molecule has 2 heteroatoms. The minimum Gasteiger partial charge on any atom is -0.316 e. The van der Waals surface area contributed by atoms with Crippen LogP contribution in [0.15, 0.2) is 0 Å². The standard InChI is InChI=1S/C8H16IN/c1-6(2)7-5-10-4-3-8(7)9/h6-8,10H,3-5H2,1-2H3.